The molecule has 0 radical (unpaired) electrons. The minimum absolute atomic E-state index is 0.0753. The van der Waals surface area contributed by atoms with Crippen LogP contribution in [0.2, 0.25) is 0 Å². The molecule has 3 aromatic carbocycles. The van der Waals surface area contributed by atoms with E-state index in [1.807, 2.05) is 42.5 Å². The summed E-state index contributed by atoms with van der Waals surface area (Å²) in [4.78, 5) is 12.5. The summed E-state index contributed by atoms with van der Waals surface area (Å²) >= 11 is 0. The van der Waals surface area contributed by atoms with Crippen molar-refractivity contribution in [3.63, 3.8) is 0 Å². The fourth-order valence-electron chi connectivity index (χ4n) is 3.09. The number of rotatable bonds is 9. The van der Waals surface area contributed by atoms with Crippen LogP contribution in [0, 0.1) is 0 Å². The van der Waals surface area contributed by atoms with Crippen LogP contribution in [0.25, 0.3) is 11.5 Å². The predicted molar refractivity (Wildman–Crippen MR) is 124 cm³/mol. The molecule has 1 heterocycles. The summed E-state index contributed by atoms with van der Waals surface area (Å²) in [5, 5.41) is 7.45. The first-order valence-corrected chi connectivity index (χ1v) is 12.0. The van der Waals surface area contributed by atoms with Crippen LogP contribution in [0.4, 0.5) is 18.9 Å². The fourth-order valence-corrected chi connectivity index (χ4v) is 3.65. The Labute approximate surface area is 203 Å². The van der Waals surface area contributed by atoms with Crippen LogP contribution in [-0.4, -0.2) is 29.9 Å². The number of carbonyl (C=O) groups is 1. The standard InChI is InChI=1S/C24H18F3N3O5S/c25-24(26,27)36(32,33)30-18-6-4-5-17(15-18)22-28-29-23(35-22)21(31)14-11-16-9-12-20(13-10-16)34-19-7-2-1-3-8-19/h1-10,12-13,15,30H,11,14H2. The minimum Gasteiger partial charge on any atom is -0.457 e. The summed E-state index contributed by atoms with van der Waals surface area (Å²) in [5.41, 5.74) is -4.80. The van der Waals surface area contributed by atoms with Gasteiger partial charge in [-0.3, -0.25) is 9.52 Å². The van der Waals surface area contributed by atoms with Gasteiger partial charge < -0.3 is 9.15 Å². The summed E-state index contributed by atoms with van der Waals surface area (Å²) in [5.74, 6) is 0.518. The molecule has 36 heavy (non-hydrogen) atoms. The Morgan fingerprint density at radius 1 is 0.917 bits per heavy atom. The number of hydrogen-bond acceptors (Lipinski definition) is 7. The molecule has 186 valence electrons. The summed E-state index contributed by atoms with van der Waals surface area (Å²) in [6.07, 6.45) is 0.475. The smallest absolute Gasteiger partial charge is 0.457 e. The van der Waals surface area contributed by atoms with Gasteiger partial charge in [-0.25, -0.2) is 0 Å². The van der Waals surface area contributed by atoms with Crippen molar-refractivity contribution >= 4 is 21.5 Å². The largest absolute Gasteiger partial charge is 0.516 e. The molecule has 1 N–H and O–H groups in total. The van der Waals surface area contributed by atoms with Gasteiger partial charge >= 0.3 is 15.5 Å². The SMILES string of the molecule is O=C(CCc1ccc(Oc2ccccc2)cc1)c1nnc(-c2cccc(NS(=O)(=O)C(F)(F)F)c2)o1. The van der Waals surface area contributed by atoms with Crippen LogP contribution in [0.1, 0.15) is 22.7 Å². The lowest BCUT2D eigenvalue weighted by molar-refractivity contribution is -0.0429. The van der Waals surface area contributed by atoms with E-state index >= 15 is 0 Å². The Hall–Kier alpha value is -4.19. The van der Waals surface area contributed by atoms with Gasteiger partial charge in [-0.2, -0.15) is 21.6 Å². The highest BCUT2D eigenvalue weighted by molar-refractivity contribution is 7.93. The maximum Gasteiger partial charge on any atom is 0.516 e. The van der Waals surface area contributed by atoms with E-state index in [2.05, 4.69) is 10.2 Å². The third kappa shape index (κ3) is 6.08. The van der Waals surface area contributed by atoms with Crippen molar-refractivity contribution < 1.29 is 35.5 Å². The Morgan fingerprint density at radius 3 is 2.31 bits per heavy atom. The van der Waals surface area contributed by atoms with Gasteiger partial charge in [-0.05, 0) is 54.4 Å². The van der Waals surface area contributed by atoms with Gasteiger partial charge in [0.05, 0.1) is 0 Å². The molecule has 1 aromatic heterocycles. The van der Waals surface area contributed by atoms with Crippen LogP contribution in [0.3, 0.4) is 0 Å². The molecule has 0 saturated heterocycles. The van der Waals surface area contributed by atoms with Crippen LogP contribution in [-0.2, 0) is 16.4 Å². The Morgan fingerprint density at radius 2 is 1.61 bits per heavy atom. The third-order valence-corrected chi connectivity index (χ3v) is 5.99. The molecule has 4 rings (SSSR count). The van der Waals surface area contributed by atoms with E-state index in [0.717, 1.165) is 17.7 Å². The molecule has 12 heteroatoms. The van der Waals surface area contributed by atoms with Crippen molar-refractivity contribution in [3.8, 4) is 23.0 Å². The van der Waals surface area contributed by atoms with Gasteiger partial charge in [0.1, 0.15) is 11.5 Å². The number of aromatic nitrogens is 2. The Balaban J connectivity index is 1.37. The van der Waals surface area contributed by atoms with Crippen LogP contribution >= 0.6 is 0 Å². The lowest BCUT2D eigenvalue weighted by Crippen LogP contribution is -2.29. The predicted octanol–water partition coefficient (Wildman–Crippen LogP) is 5.61. The second-order valence-electron chi connectivity index (χ2n) is 7.53. The summed E-state index contributed by atoms with van der Waals surface area (Å²) in [6, 6.07) is 21.5. The molecule has 0 aliphatic rings. The highest BCUT2D eigenvalue weighted by Crippen LogP contribution is 2.28. The van der Waals surface area contributed by atoms with E-state index in [1.54, 1.807) is 12.1 Å². The van der Waals surface area contributed by atoms with Crippen molar-refractivity contribution in [2.24, 2.45) is 0 Å². The number of sulfonamides is 1. The molecule has 0 atom stereocenters. The number of alkyl halides is 3. The molecule has 0 bridgehead atoms. The molecule has 0 amide bonds. The number of para-hydroxylation sites is 1. The zero-order valence-corrected chi connectivity index (χ0v) is 19.2. The summed E-state index contributed by atoms with van der Waals surface area (Å²) in [7, 11) is -5.59. The van der Waals surface area contributed by atoms with Gasteiger partial charge in [-0.1, -0.05) is 36.4 Å². The Kier molecular flexibility index (Phi) is 7.06. The first-order valence-electron chi connectivity index (χ1n) is 10.5. The second kappa shape index (κ2) is 10.2. The lowest BCUT2D eigenvalue weighted by atomic mass is 10.1. The molecule has 4 aromatic rings. The molecule has 0 aliphatic carbocycles. The van der Waals surface area contributed by atoms with Gasteiger partial charge in [-0.15, -0.1) is 10.2 Å². The first kappa shape index (κ1) is 24.9. The van der Waals surface area contributed by atoms with Crippen molar-refractivity contribution in [1.82, 2.24) is 10.2 Å². The lowest BCUT2D eigenvalue weighted by Gasteiger charge is -2.10. The number of halogens is 3. The molecular formula is C24H18F3N3O5S. The summed E-state index contributed by atoms with van der Waals surface area (Å²) < 4.78 is 73.0. The number of nitrogens with zero attached hydrogens (tertiary/aromatic N) is 2. The number of anilines is 1. The van der Waals surface area contributed by atoms with Crippen molar-refractivity contribution in [3.05, 3.63) is 90.3 Å². The maximum atomic E-state index is 12.6. The highest BCUT2D eigenvalue weighted by atomic mass is 32.2. The fraction of sp³-hybridized carbons (Fsp3) is 0.125. The van der Waals surface area contributed by atoms with Crippen LogP contribution < -0.4 is 9.46 Å². The molecule has 8 nitrogen and oxygen atoms in total. The molecular weight excluding hydrogens is 499 g/mol. The summed E-state index contributed by atoms with van der Waals surface area (Å²) in [6.45, 7) is 0. The normalized spacial score (nSPS) is 11.8. The van der Waals surface area contributed by atoms with E-state index in [-0.39, 0.29) is 29.5 Å². The minimum atomic E-state index is -5.59. The van der Waals surface area contributed by atoms with Crippen LogP contribution in [0.5, 0.6) is 11.5 Å². The number of nitrogens with one attached hydrogen (secondary N) is 1. The van der Waals surface area contributed by atoms with Crippen LogP contribution in [0.15, 0.2) is 83.3 Å². The monoisotopic (exact) mass is 517 g/mol. The number of ether oxygens (including phenoxy) is 1. The van der Waals surface area contributed by atoms with Gasteiger partial charge in [0, 0.05) is 17.7 Å². The number of benzene rings is 3. The van der Waals surface area contributed by atoms with E-state index in [4.69, 9.17) is 9.15 Å². The number of ketones is 1. The molecule has 0 aliphatic heterocycles. The average molecular weight is 517 g/mol. The van der Waals surface area contributed by atoms with E-state index < -0.39 is 21.3 Å². The van der Waals surface area contributed by atoms with Crippen molar-refractivity contribution in [2.45, 2.75) is 18.3 Å². The average Bonchev–Trinajstić information content (AvgIpc) is 3.34. The van der Waals surface area contributed by atoms with Crippen molar-refractivity contribution in [1.29, 1.82) is 0 Å². The highest BCUT2D eigenvalue weighted by Gasteiger charge is 2.46. The number of Topliss-reactive ketones (excluding diaryl/α,β-unsaturated/α-hetero) is 1. The Bertz CT molecular complexity index is 1450. The molecule has 0 saturated carbocycles. The van der Waals surface area contributed by atoms with Gasteiger partial charge in [0.25, 0.3) is 5.89 Å². The number of hydrogen-bond donors (Lipinski definition) is 1. The molecule has 0 spiro atoms. The number of aryl methyl sites for hydroxylation is 1. The zero-order valence-electron chi connectivity index (χ0n) is 18.4. The molecule has 0 unspecified atom stereocenters. The van der Waals surface area contributed by atoms with Gasteiger partial charge in [0.2, 0.25) is 11.7 Å². The third-order valence-electron chi connectivity index (χ3n) is 4.87. The van der Waals surface area contributed by atoms with E-state index in [1.165, 1.54) is 16.9 Å². The van der Waals surface area contributed by atoms with E-state index in [0.29, 0.717) is 17.9 Å². The van der Waals surface area contributed by atoms with E-state index in [9.17, 15) is 26.4 Å². The maximum absolute atomic E-state index is 12.6. The van der Waals surface area contributed by atoms with Gasteiger partial charge in [0.15, 0.2) is 0 Å². The van der Waals surface area contributed by atoms with Crippen molar-refractivity contribution in [2.75, 3.05) is 4.72 Å². The quantitative estimate of drug-likeness (QED) is 0.288. The molecule has 0 fully saturated rings. The topological polar surface area (TPSA) is 111 Å². The first-order chi connectivity index (χ1) is 17.1. The zero-order chi connectivity index (χ0) is 25.8. The number of carbonyl (C=O) groups excluding carboxylic acids is 1. The second-order valence-corrected chi connectivity index (χ2v) is 9.20.